The summed E-state index contributed by atoms with van der Waals surface area (Å²) >= 11 is 0. The predicted octanol–water partition coefficient (Wildman–Crippen LogP) is 1.72. The van der Waals surface area contributed by atoms with E-state index in [1.54, 1.807) is 19.2 Å². The molecule has 0 aliphatic carbocycles. The van der Waals surface area contributed by atoms with Crippen LogP contribution in [0.5, 0.6) is 5.75 Å². The van der Waals surface area contributed by atoms with Gasteiger partial charge in [-0.25, -0.2) is 0 Å². The number of benzene rings is 1. The molecule has 0 aromatic heterocycles. The zero-order valence-electron chi connectivity index (χ0n) is 11.6. The molecule has 0 bridgehead atoms. The molecule has 0 radical (unpaired) electrons. The molecule has 0 atom stereocenters. The standard InChI is InChI=1S/C14H22N2O2/c1-5-16(11-10-15(2)3)14(17)12-6-8-13(18-4)9-7-12/h6-9H,5,10-11H2,1-4H3. The van der Waals surface area contributed by atoms with Crippen LogP contribution < -0.4 is 4.74 Å². The third-order valence-corrected chi connectivity index (χ3v) is 2.82. The minimum Gasteiger partial charge on any atom is -0.497 e. The summed E-state index contributed by atoms with van der Waals surface area (Å²) in [6.45, 7) is 4.33. The fraction of sp³-hybridized carbons (Fsp3) is 0.500. The summed E-state index contributed by atoms with van der Waals surface area (Å²) in [5.74, 6) is 0.838. The molecule has 1 aromatic rings. The third kappa shape index (κ3) is 4.04. The van der Waals surface area contributed by atoms with Crippen LogP contribution in [0.3, 0.4) is 0 Å². The molecule has 1 rings (SSSR count). The van der Waals surface area contributed by atoms with Gasteiger partial charge in [0, 0.05) is 25.2 Å². The summed E-state index contributed by atoms with van der Waals surface area (Å²) < 4.78 is 5.08. The van der Waals surface area contributed by atoms with Crippen molar-refractivity contribution >= 4 is 5.91 Å². The highest BCUT2D eigenvalue weighted by Gasteiger charge is 2.13. The number of amides is 1. The van der Waals surface area contributed by atoms with E-state index in [9.17, 15) is 4.79 Å². The maximum absolute atomic E-state index is 12.3. The topological polar surface area (TPSA) is 32.8 Å². The lowest BCUT2D eigenvalue weighted by molar-refractivity contribution is 0.0754. The Kier molecular flexibility index (Phi) is 5.65. The Hall–Kier alpha value is -1.55. The van der Waals surface area contributed by atoms with Crippen molar-refractivity contribution in [1.29, 1.82) is 0 Å². The minimum absolute atomic E-state index is 0.0713. The molecule has 0 saturated heterocycles. The van der Waals surface area contributed by atoms with Gasteiger partial charge in [0.05, 0.1) is 7.11 Å². The van der Waals surface area contributed by atoms with Crippen molar-refractivity contribution in [2.24, 2.45) is 0 Å². The highest BCUT2D eigenvalue weighted by Crippen LogP contribution is 2.13. The molecule has 0 N–H and O–H groups in total. The summed E-state index contributed by atoms with van der Waals surface area (Å²) in [7, 11) is 5.63. The van der Waals surface area contributed by atoms with Gasteiger partial charge in [-0.1, -0.05) is 0 Å². The van der Waals surface area contributed by atoms with Crippen molar-refractivity contribution < 1.29 is 9.53 Å². The lowest BCUT2D eigenvalue weighted by Gasteiger charge is -2.23. The number of rotatable bonds is 6. The maximum Gasteiger partial charge on any atom is 0.253 e. The monoisotopic (exact) mass is 250 g/mol. The van der Waals surface area contributed by atoms with Gasteiger partial charge in [0.15, 0.2) is 0 Å². The molecule has 100 valence electrons. The largest absolute Gasteiger partial charge is 0.497 e. The lowest BCUT2D eigenvalue weighted by atomic mass is 10.2. The van der Waals surface area contributed by atoms with Crippen LogP contribution in [0.2, 0.25) is 0 Å². The molecule has 0 heterocycles. The highest BCUT2D eigenvalue weighted by molar-refractivity contribution is 5.94. The lowest BCUT2D eigenvalue weighted by Crippen LogP contribution is -2.36. The number of carbonyl (C=O) groups excluding carboxylic acids is 1. The maximum atomic E-state index is 12.3. The van der Waals surface area contributed by atoms with Gasteiger partial charge in [-0.15, -0.1) is 0 Å². The van der Waals surface area contributed by atoms with E-state index in [1.165, 1.54) is 0 Å². The van der Waals surface area contributed by atoms with E-state index in [4.69, 9.17) is 4.74 Å². The highest BCUT2D eigenvalue weighted by atomic mass is 16.5. The van der Waals surface area contributed by atoms with Crippen LogP contribution in [0.15, 0.2) is 24.3 Å². The summed E-state index contributed by atoms with van der Waals surface area (Å²) in [6.07, 6.45) is 0. The number of nitrogens with zero attached hydrogens (tertiary/aromatic N) is 2. The molecule has 0 fully saturated rings. The Labute approximate surface area is 109 Å². The zero-order valence-corrected chi connectivity index (χ0v) is 11.6. The Morgan fingerprint density at radius 1 is 1.17 bits per heavy atom. The van der Waals surface area contributed by atoms with Crippen molar-refractivity contribution in [3.63, 3.8) is 0 Å². The van der Waals surface area contributed by atoms with Crippen molar-refractivity contribution in [3.05, 3.63) is 29.8 Å². The Morgan fingerprint density at radius 2 is 1.78 bits per heavy atom. The molecule has 1 amide bonds. The fourth-order valence-corrected chi connectivity index (χ4v) is 1.64. The number of ether oxygens (including phenoxy) is 1. The van der Waals surface area contributed by atoms with Gasteiger partial charge in [-0.2, -0.15) is 0 Å². The molecular weight excluding hydrogens is 228 g/mol. The summed E-state index contributed by atoms with van der Waals surface area (Å²) in [6, 6.07) is 7.24. The van der Waals surface area contributed by atoms with E-state index >= 15 is 0 Å². The molecule has 4 nitrogen and oxygen atoms in total. The first-order valence-corrected chi connectivity index (χ1v) is 6.16. The van der Waals surface area contributed by atoms with E-state index < -0.39 is 0 Å². The first kappa shape index (κ1) is 14.5. The second-order valence-corrected chi connectivity index (χ2v) is 4.42. The number of hydrogen-bond donors (Lipinski definition) is 0. The van der Waals surface area contributed by atoms with Gasteiger partial charge in [0.25, 0.3) is 5.91 Å². The summed E-state index contributed by atoms with van der Waals surface area (Å²) in [4.78, 5) is 16.2. The fourth-order valence-electron chi connectivity index (χ4n) is 1.64. The third-order valence-electron chi connectivity index (χ3n) is 2.82. The van der Waals surface area contributed by atoms with E-state index in [1.807, 2.05) is 38.1 Å². The van der Waals surface area contributed by atoms with Gasteiger partial charge < -0.3 is 14.5 Å². The van der Waals surface area contributed by atoms with Crippen LogP contribution in [0.1, 0.15) is 17.3 Å². The number of hydrogen-bond acceptors (Lipinski definition) is 3. The second kappa shape index (κ2) is 7.01. The number of methoxy groups -OCH3 is 1. The SMILES string of the molecule is CCN(CCN(C)C)C(=O)c1ccc(OC)cc1. The van der Waals surface area contributed by atoms with Gasteiger partial charge in [-0.3, -0.25) is 4.79 Å². The molecular formula is C14H22N2O2. The molecule has 0 unspecified atom stereocenters. The Balaban J connectivity index is 2.70. The van der Waals surface area contributed by atoms with Gasteiger partial charge >= 0.3 is 0 Å². The quantitative estimate of drug-likeness (QED) is 0.770. The smallest absolute Gasteiger partial charge is 0.253 e. The summed E-state index contributed by atoms with van der Waals surface area (Å²) in [5.41, 5.74) is 0.705. The molecule has 1 aromatic carbocycles. The van der Waals surface area contributed by atoms with Crippen molar-refractivity contribution in [3.8, 4) is 5.75 Å². The molecule has 4 heteroatoms. The minimum atomic E-state index is 0.0713. The molecule has 0 saturated carbocycles. The van der Waals surface area contributed by atoms with Crippen LogP contribution in [-0.2, 0) is 0 Å². The Morgan fingerprint density at radius 3 is 2.22 bits per heavy atom. The predicted molar refractivity (Wildman–Crippen MR) is 73.1 cm³/mol. The number of likely N-dealkylation sites (N-methyl/N-ethyl adjacent to an activating group) is 2. The molecule has 0 aliphatic heterocycles. The van der Waals surface area contributed by atoms with Crippen molar-refractivity contribution in [1.82, 2.24) is 9.80 Å². The van der Waals surface area contributed by atoms with Gasteiger partial charge in [0.2, 0.25) is 0 Å². The van der Waals surface area contributed by atoms with Crippen LogP contribution in [0, 0.1) is 0 Å². The van der Waals surface area contributed by atoms with E-state index in [0.29, 0.717) is 5.56 Å². The van der Waals surface area contributed by atoms with Gasteiger partial charge in [-0.05, 0) is 45.3 Å². The molecule has 0 aliphatic rings. The van der Waals surface area contributed by atoms with E-state index in [-0.39, 0.29) is 5.91 Å². The van der Waals surface area contributed by atoms with Crippen LogP contribution in [0.25, 0.3) is 0 Å². The second-order valence-electron chi connectivity index (χ2n) is 4.42. The average molecular weight is 250 g/mol. The van der Waals surface area contributed by atoms with Crippen molar-refractivity contribution in [2.75, 3.05) is 40.8 Å². The van der Waals surface area contributed by atoms with E-state index in [0.717, 1.165) is 25.4 Å². The van der Waals surface area contributed by atoms with Crippen LogP contribution in [-0.4, -0.2) is 56.5 Å². The molecule has 18 heavy (non-hydrogen) atoms. The van der Waals surface area contributed by atoms with Crippen molar-refractivity contribution in [2.45, 2.75) is 6.92 Å². The first-order valence-electron chi connectivity index (χ1n) is 6.16. The Bertz CT molecular complexity index is 374. The summed E-state index contributed by atoms with van der Waals surface area (Å²) in [5, 5.41) is 0. The van der Waals surface area contributed by atoms with Gasteiger partial charge in [0.1, 0.15) is 5.75 Å². The normalized spacial score (nSPS) is 10.5. The van der Waals surface area contributed by atoms with Crippen LogP contribution >= 0.6 is 0 Å². The van der Waals surface area contributed by atoms with Crippen LogP contribution in [0.4, 0.5) is 0 Å². The first-order chi connectivity index (χ1) is 8.58. The average Bonchev–Trinajstić information content (AvgIpc) is 2.39. The van der Waals surface area contributed by atoms with E-state index in [2.05, 4.69) is 4.90 Å². The number of carbonyl (C=O) groups is 1. The molecule has 0 spiro atoms. The zero-order chi connectivity index (χ0) is 13.5.